The summed E-state index contributed by atoms with van der Waals surface area (Å²) in [6.45, 7) is 0.912. The molecular weight excluding hydrogens is 376 g/mol. The van der Waals surface area contributed by atoms with Crippen molar-refractivity contribution in [1.82, 2.24) is 4.90 Å². The van der Waals surface area contributed by atoms with Crippen molar-refractivity contribution < 1.29 is 23.9 Å². The number of primary amides is 2. The molecule has 1 aliphatic heterocycles. The van der Waals surface area contributed by atoms with Crippen molar-refractivity contribution in [3.8, 4) is 11.5 Å². The third-order valence-electron chi connectivity index (χ3n) is 4.28. The Kier molecular flexibility index (Phi) is 5.99. The summed E-state index contributed by atoms with van der Waals surface area (Å²) in [7, 11) is 1.78. The standard InChI is InChI=1S/C20H22N4O5/c1-24(9-15-11-28-16-4-2-3-5-17(16)29-15)10-18(25)23-14-7-12(19(21)26)6-13(8-14)20(22)27/h2-8,15H,9-11H2,1H3,(H2,21,26)(H2,22,27)(H,23,25)/t15-/m0/s1. The number of nitrogens with one attached hydrogen (secondary N) is 1. The lowest BCUT2D eigenvalue weighted by molar-refractivity contribution is -0.117. The minimum Gasteiger partial charge on any atom is -0.486 e. The van der Waals surface area contributed by atoms with Crippen molar-refractivity contribution in [1.29, 1.82) is 0 Å². The summed E-state index contributed by atoms with van der Waals surface area (Å²) in [5.74, 6) is -0.417. The van der Waals surface area contributed by atoms with Gasteiger partial charge in [-0.3, -0.25) is 19.3 Å². The Morgan fingerprint density at radius 3 is 2.31 bits per heavy atom. The van der Waals surface area contributed by atoms with E-state index in [2.05, 4.69) is 5.32 Å². The molecule has 0 bridgehead atoms. The number of carbonyl (C=O) groups is 3. The van der Waals surface area contributed by atoms with Crippen molar-refractivity contribution >= 4 is 23.4 Å². The number of hydrogen-bond acceptors (Lipinski definition) is 6. The van der Waals surface area contributed by atoms with Gasteiger partial charge in [0.25, 0.3) is 0 Å². The van der Waals surface area contributed by atoms with Gasteiger partial charge in [-0.25, -0.2) is 0 Å². The number of anilines is 1. The van der Waals surface area contributed by atoms with Crippen LogP contribution in [0.5, 0.6) is 11.5 Å². The first-order valence-corrected chi connectivity index (χ1v) is 8.93. The summed E-state index contributed by atoms with van der Waals surface area (Å²) in [6, 6.07) is 11.5. The van der Waals surface area contributed by atoms with Crippen LogP contribution in [0.2, 0.25) is 0 Å². The maximum atomic E-state index is 12.4. The van der Waals surface area contributed by atoms with E-state index in [0.29, 0.717) is 24.7 Å². The third kappa shape index (κ3) is 5.23. The van der Waals surface area contributed by atoms with E-state index in [0.717, 1.165) is 0 Å². The van der Waals surface area contributed by atoms with Crippen LogP contribution in [0.4, 0.5) is 5.69 Å². The first-order valence-electron chi connectivity index (χ1n) is 8.93. The predicted molar refractivity (Wildman–Crippen MR) is 106 cm³/mol. The van der Waals surface area contributed by atoms with Crippen molar-refractivity contribution in [2.75, 3.05) is 32.1 Å². The number of carbonyl (C=O) groups excluding carboxylic acids is 3. The molecule has 3 amide bonds. The molecule has 1 aliphatic rings. The van der Waals surface area contributed by atoms with Crippen LogP contribution in [0.3, 0.4) is 0 Å². The molecule has 9 nitrogen and oxygen atoms in total. The maximum Gasteiger partial charge on any atom is 0.248 e. The fourth-order valence-corrected chi connectivity index (χ4v) is 3.00. The van der Waals surface area contributed by atoms with Gasteiger partial charge in [-0.05, 0) is 37.4 Å². The molecule has 0 aromatic heterocycles. The zero-order valence-electron chi connectivity index (χ0n) is 15.9. The van der Waals surface area contributed by atoms with Gasteiger partial charge in [-0.1, -0.05) is 12.1 Å². The topological polar surface area (TPSA) is 137 Å². The normalized spacial score (nSPS) is 15.0. The Hall–Kier alpha value is -3.59. The number of ether oxygens (including phenoxy) is 2. The first kappa shape index (κ1) is 20.2. The number of likely N-dealkylation sites (N-methyl/N-ethyl adjacent to an activating group) is 1. The molecule has 2 aromatic rings. The number of rotatable bonds is 7. The first-order chi connectivity index (χ1) is 13.8. The molecule has 5 N–H and O–H groups in total. The summed E-state index contributed by atoms with van der Waals surface area (Å²) < 4.78 is 11.6. The Morgan fingerprint density at radius 2 is 1.69 bits per heavy atom. The van der Waals surface area contributed by atoms with E-state index < -0.39 is 11.8 Å². The number of nitrogens with zero attached hydrogens (tertiary/aromatic N) is 1. The summed E-state index contributed by atoms with van der Waals surface area (Å²) in [6.07, 6.45) is -0.220. The maximum absolute atomic E-state index is 12.4. The zero-order valence-corrected chi connectivity index (χ0v) is 15.9. The fourth-order valence-electron chi connectivity index (χ4n) is 3.00. The van der Waals surface area contributed by atoms with Crippen LogP contribution in [0.1, 0.15) is 20.7 Å². The Bertz CT molecular complexity index is 914. The quantitative estimate of drug-likeness (QED) is 0.624. The molecule has 0 saturated carbocycles. The molecule has 0 spiro atoms. The zero-order chi connectivity index (χ0) is 21.0. The van der Waals surface area contributed by atoms with Crippen molar-refractivity contribution in [2.45, 2.75) is 6.10 Å². The van der Waals surface area contributed by atoms with Gasteiger partial charge in [-0.15, -0.1) is 0 Å². The van der Waals surface area contributed by atoms with E-state index in [1.165, 1.54) is 18.2 Å². The van der Waals surface area contributed by atoms with Crippen LogP contribution < -0.4 is 26.3 Å². The summed E-state index contributed by atoms with van der Waals surface area (Å²) in [5, 5.41) is 2.65. The summed E-state index contributed by atoms with van der Waals surface area (Å²) >= 11 is 0. The lowest BCUT2D eigenvalue weighted by atomic mass is 10.1. The lowest BCUT2D eigenvalue weighted by Crippen LogP contribution is -2.42. The number of para-hydroxylation sites is 2. The summed E-state index contributed by atoms with van der Waals surface area (Å²) in [5.41, 5.74) is 11.0. The molecule has 0 saturated heterocycles. The van der Waals surface area contributed by atoms with Crippen molar-refractivity contribution in [2.24, 2.45) is 11.5 Å². The molecule has 3 rings (SSSR count). The predicted octanol–water partition coefficient (Wildman–Crippen LogP) is 0.595. The number of hydrogen-bond donors (Lipinski definition) is 3. The van der Waals surface area contributed by atoms with Crippen LogP contribution in [-0.2, 0) is 4.79 Å². The van der Waals surface area contributed by atoms with E-state index in [9.17, 15) is 14.4 Å². The highest BCUT2D eigenvalue weighted by atomic mass is 16.6. The van der Waals surface area contributed by atoms with E-state index in [-0.39, 0.29) is 35.4 Å². The van der Waals surface area contributed by atoms with Gasteiger partial charge in [0.2, 0.25) is 17.7 Å². The van der Waals surface area contributed by atoms with E-state index >= 15 is 0 Å². The molecule has 0 unspecified atom stereocenters. The molecule has 0 fully saturated rings. The molecule has 9 heteroatoms. The minimum atomic E-state index is -0.726. The Labute approximate surface area is 167 Å². The van der Waals surface area contributed by atoms with Gasteiger partial charge < -0.3 is 26.3 Å². The van der Waals surface area contributed by atoms with Crippen LogP contribution in [-0.4, -0.2) is 55.5 Å². The number of fused-ring (bicyclic) bond motifs is 1. The van der Waals surface area contributed by atoms with E-state index in [4.69, 9.17) is 20.9 Å². The van der Waals surface area contributed by atoms with E-state index in [1.54, 1.807) is 11.9 Å². The second-order valence-corrected chi connectivity index (χ2v) is 6.77. The number of amides is 3. The van der Waals surface area contributed by atoms with Crippen molar-refractivity contribution in [3.05, 3.63) is 53.6 Å². The second-order valence-electron chi connectivity index (χ2n) is 6.77. The highest BCUT2D eigenvalue weighted by molar-refractivity contribution is 6.01. The van der Waals surface area contributed by atoms with Gasteiger partial charge in [0.05, 0.1) is 6.54 Å². The highest BCUT2D eigenvalue weighted by Crippen LogP contribution is 2.30. The minimum absolute atomic E-state index is 0.0637. The largest absolute Gasteiger partial charge is 0.486 e. The van der Waals surface area contributed by atoms with Crippen molar-refractivity contribution in [3.63, 3.8) is 0 Å². The van der Waals surface area contributed by atoms with Crippen LogP contribution in [0.15, 0.2) is 42.5 Å². The molecule has 152 valence electrons. The van der Waals surface area contributed by atoms with Gasteiger partial charge in [-0.2, -0.15) is 0 Å². The summed E-state index contributed by atoms with van der Waals surface area (Å²) in [4.78, 5) is 37.0. The Morgan fingerprint density at radius 1 is 1.07 bits per heavy atom. The second kappa shape index (κ2) is 8.61. The average molecular weight is 398 g/mol. The highest BCUT2D eigenvalue weighted by Gasteiger charge is 2.22. The lowest BCUT2D eigenvalue weighted by Gasteiger charge is -2.29. The molecule has 1 atom stereocenters. The van der Waals surface area contributed by atoms with Gasteiger partial charge in [0.15, 0.2) is 11.5 Å². The molecular formula is C20H22N4O5. The van der Waals surface area contributed by atoms with Crippen LogP contribution >= 0.6 is 0 Å². The molecule has 1 heterocycles. The van der Waals surface area contributed by atoms with Gasteiger partial charge in [0, 0.05) is 23.4 Å². The van der Waals surface area contributed by atoms with E-state index in [1.807, 2.05) is 24.3 Å². The number of nitrogens with two attached hydrogens (primary N) is 2. The molecule has 29 heavy (non-hydrogen) atoms. The van der Waals surface area contributed by atoms with Crippen LogP contribution in [0.25, 0.3) is 0 Å². The monoisotopic (exact) mass is 398 g/mol. The third-order valence-corrected chi connectivity index (χ3v) is 4.28. The number of benzene rings is 2. The van der Waals surface area contributed by atoms with Gasteiger partial charge in [0.1, 0.15) is 12.7 Å². The molecule has 0 aliphatic carbocycles. The molecule has 0 radical (unpaired) electrons. The van der Waals surface area contributed by atoms with Crippen LogP contribution in [0, 0.1) is 0 Å². The fraction of sp³-hybridized carbons (Fsp3) is 0.250. The SMILES string of the molecule is CN(CC(=O)Nc1cc(C(N)=O)cc(C(N)=O)c1)C[C@H]1COc2ccccc2O1. The van der Waals surface area contributed by atoms with Gasteiger partial charge >= 0.3 is 0 Å². The Balaban J connectivity index is 1.58. The molecule has 2 aromatic carbocycles. The smallest absolute Gasteiger partial charge is 0.248 e. The average Bonchev–Trinajstić information content (AvgIpc) is 2.67.